The van der Waals surface area contributed by atoms with Crippen LogP contribution in [-0.4, -0.2) is 0 Å². The highest BCUT2D eigenvalue weighted by atomic mass is 14.3. The molecule has 0 spiro atoms. The van der Waals surface area contributed by atoms with Crippen molar-refractivity contribution in [2.45, 2.75) is 0 Å². The highest BCUT2D eigenvalue weighted by molar-refractivity contribution is 6.59. The molecule has 9 aromatic rings. The quantitative estimate of drug-likeness (QED) is 0.223. The van der Waals surface area contributed by atoms with Crippen LogP contribution in [0.3, 0.4) is 0 Å². The van der Waals surface area contributed by atoms with Gasteiger partial charge in [-0.15, -0.1) is 0 Å². The van der Waals surface area contributed by atoms with Crippen LogP contribution in [0.1, 0.15) is 0 Å². The molecule has 0 heteroatoms. The Morgan fingerprint density at radius 3 is 0.500 bits per heavy atom. The predicted molar refractivity (Wildman–Crippen MR) is 140 cm³/mol. The standard InChI is InChI=1S/C32H16/c1-2-10-18-17(9-1)25-19-11-3-4-12-20(19)27-23-15-7-8-16-24(23)28-22-14-6-5-13-21(22)26(18)30-29(25)31(27)32(28)30/h1-16H. The molecule has 0 amide bonds. The Bertz CT molecular complexity index is 1730. The van der Waals surface area contributed by atoms with E-state index in [4.69, 9.17) is 0 Å². The molecule has 9 aromatic carbocycles. The summed E-state index contributed by atoms with van der Waals surface area (Å²) in [4.78, 5) is 0. The number of benzene rings is 8. The molecule has 0 fully saturated rings. The first-order chi connectivity index (χ1) is 15.9. The first kappa shape index (κ1) is 15.6. The summed E-state index contributed by atoms with van der Waals surface area (Å²) in [7, 11) is 0. The van der Waals surface area contributed by atoms with Crippen LogP contribution in [0.4, 0.5) is 0 Å². The fraction of sp³-hybridized carbons (Fsp3) is 0. The Balaban J connectivity index is 1.85. The van der Waals surface area contributed by atoms with Crippen LogP contribution in [0.2, 0.25) is 0 Å². The van der Waals surface area contributed by atoms with E-state index in [1.54, 1.807) is 0 Å². The van der Waals surface area contributed by atoms with E-state index in [2.05, 4.69) is 97.1 Å². The predicted octanol–water partition coefficient (Wildman–Crippen LogP) is 9.23. The van der Waals surface area contributed by atoms with Crippen molar-refractivity contribution < 1.29 is 0 Å². The summed E-state index contributed by atoms with van der Waals surface area (Å²) in [6, 6.07) is 36.1. The van der Waals surface area contributed by atoms with E-state index in [-0.39, 0.29) is 0 Å². The summed E-state index contributed by atoms with van der Waals surface area (Å²) in [6.07, 6.45) is 0. The van der Waals surface area contributed by atoms with Gasteiger partial charge < -0.3 is 0 Å². The molecule has 32 heavy (non-hydrogen) atoms. The molecular formula is C32H16. The number of fused-ring (bicyclic) bond motifs is 12. The number of hydrogen-bond donors (Lipinski definition) is 0. The molecule has 0 aliphatic rings. The molecule has 0 saturated carbocycles. The lowest BCUT2D eigenvalue weighted by Gasteiger charge is -2.28. The zero-order valence-electron chi connectivity index (χ0n) is 17.2. The van der Waals surface area contributed by atoms with Gasteiger partial charge in [0.25, 0.3) is 0 Å². The van der Waals surface area contributed by atoms with Crippen LogP contribution in [0, 0.1) is 0 Å². The normalized spacial score (nSPS) is 13.0. The van der Waals surface area contributed by atoms with Crippen molar-refractivity contribution in [2.24, 2.45) is 0 Å². The lowest BCUT2D eigenvalue weighted by Crippen LogP contribution is -1.99. The van der Waals surface area contributed by atoms with Gasteiger partial charge in [-0.25, -0.2) is 0 Å². The summed E-state index contributed by atoms with van der Waals surface area (Å²) < 4.78 is 0. The molecule has 0 aliphatic heterocycles. The summed E-state index contributed by atoms with van der Waals surface area (Å²) in [5, 5.41) is 22.6. The summed E-state index contributed by atoms with van der Waals surface area (Å²) >= 11 is 0. The van der Waals surface area contributed by atoms with Crippen molar-refractivity contribution in [1.82, 2.24) is 0 Å². The summed E-state index contributed by atoms with van der Waals surface area (Å²) in [6.45, 7) is 0. The molecule has 144 valence electrons. The fourth-order valence-corrected chi connectivity index (χ4v) is 6.77. The second-order valence-electron chi connectivity index (χ2n) is 9.18. The molecule has 0 heterocycles. The number of hydrogen-bond acceptors (Lipinski definition) is 0. The van der Waals surface area contributed by atoms with E-state index in [0.717, 1.165) is 0 Å². The van der Waals surface area contributed by atoms with Gasteiger partial charge in [-0.1, -0.05) is 97.1 Å². The van der Waals surface area contributed by atoms with Crippen molar-refractivity contribution in [3.05, 3.63) is 97.1 Å². The van der Waals surface area contributed by atoms with Gasteiger partial charge in [0.15, 0.2) is 0 Å². The van der Waals surface area contributed by atoms with E-state index < -0.39 is 0 Å². The molecule has 0 bridgehead atoms. The van der Waals surface area contributed by atoms with Gasteiger partial charge in [-0.05, 0) is 86.2 Å². The van der Waals surface area contributed by atoms with Gasteiger partial charge in [0.05, 0.1) is 0 Å². The van der Waals surface area contributed by atoms with Crippen molar-refractivity contribution in [3.63, 3.8) is 0 Å². The Labute approximate surface area is 183 Å². The van der Waals surface area contributed by atoms with E-state index in [1.807, 2.05) is 0 Å². The second kappa shape index (κ2) is 5.00. The van der Waals surface area contributed by atoms with Crippen LogP contribution in [0.25, 0.3) is 86.2 Å². The lowest BCUT2D eigenvalue weighted by atomic mass is 9.74. The minimum Gasteiger partial charge on any atom is -0.0616 e. The van der Waals surface area contributed by atoms with Crippen molar-refractivity contribution >= 4 is 86.2 Å². The van der Waals surface area contributed by atoms with E-state index in [0.29, 0.717) is 0 Å². The zero-order chi connectivity index (χ0) is 20.6. The van der Waals surface area contributed by atoms with E-state index >= 15 is 0 Å². The largest absolute Gasteiger partial charge is 0.0616 e. The minimum atomic E-state index is 1.37. The van der Waals surface area contributed by atoms with Gasteiger partial charge in [0.2, 0.25) is 0 Å². The molecule has 0 unspecified atom stereocenters. The fourth-order valence-electron chi connectivity index (χ4n) is 6.77. The monoisotopic (exact) mass is 400 g/mol. The van der Waals surface area contributed by atoms with Crippen LogP contribution >= 0.6 is 0 Å². The molecule has 0 radical (unpaired) electrons. The smallest absolute Gasteiger partial charge is 0.0000476 e. The Hall–Kier alpha value is -4.16. The SMILES string of the molecule is c1ccc2c(c1)c1c3ccccc3c3c4ccccc4c4c5ccccc5c2c2c1c3c42. The van der Waals surface area contributed by atoms with Gasteiger partial charge >= 0.3 is 0 Å². The second-order valence-corrected chi connectivity index (χ2v) is 9.18. The van der Waals surface area contributed by atoms with Crippen molar-refractivity contribution in [2.75, 3.05) is 0 Å². The molecule has 0 N–H and O–H groups in total. The third kappa shape index (κ3) is 1.48. The van der Waals surface area contributed by atoms with Crippen LogP contribution in [0.5, 0.6) is 0 Å². The maximum absolute atomic E-state index is 2.32. The third-order valence-electron chi connectivity index (χ3n) is 7.86. The summed E-state index contributed by atoms with van der Waals surface area (Å²) in [5.41, 5.74) is 0. The molecule has 9 rings (SSSR count). The lowest BCUT2D eigenvalue weighted by molar-refractivity contribution is 1.79. The van der Waals surface area contributed by atoms with Gasteiger partial charge in [-0.2, -0.15) is 0 Å². The average molecular weight is 400 g/mol. The molecule has 0 aliphatic carbocycles. The zero-order valence-corrected chi connectivity index (χ0v) is 17.2. The van der Waals surface area contributed by atoms with E-state index in [1.165, 1.54) is 86.2 Å². The molecule has 0 atom stereocenters. The van der Waals surface area contributed by atoms with Crippen LogP contribution in [-0.2, 0) is 0 Å². The van der Waals surface area contributed by atoms with Crippen molar-refractivity contribution in [3.8, 4) is 0 Å². The first-order valence-corrected chi connectivity index (χ1v) is 11.3. The Kier molecular flexibility index (Phi) is 2.44. The van der Waals surface area contributed by atoms with Crippen LogP contribution < -0.4 is 0 Å². The molecule has 0 saturated heterocycles. The summed E-state index contributed by atoms with van der Waals surface area (Å²) in [5.74, 6) is 0. The minimum absolute atomic E-state index is 1.37. The topological polar surface area (TPSA) is 0 Å². The molecule has 0 aromatic heterocycles. The first-order valence-electron chi connectivity index (χ1n) is 11.3. The average Bonchev–Trinajstić information content (AvgIpc) is 2.86. The van der Waals surface area contributed by atoms with Gasteiger partial charge in [-0.3, -0.25) is 0 Å². The van der Waals surface area contributed by atoms with Crippen molar-refractivity contribution in [1.29, 1.82) is 0 Å². The van der Waals surface area contributed by atoms with Crippen LogP contribution in [0.15, 0.2) is 97.1 Å². The Morgan fingerprint density at radius 1 is 0.188 bits per heavy atom. The highest BCUT2D eigenvalue weighted by Gasteiger charge is 2.28. The maximum Gasteiger partial charge on any atom is -0.0000476 e. The van der Waals surface area contributed by atoms with E-state index in [9.17, 15) is 0 Å². The highest BCUT2D eigenvalue weighted by Crippen LogP contribution is 2.58. The van der Waals surface area contributed by atoms with Gasteiger partial charge in [0, 0.05) is 0 Å². The third-order valence-corrected chi connectivity index (χ3v) is 7.86. The maximum atomic E-state index is 2.32. The Morgan fingerprint density at radius 2 is 0.344 bits per heavy atom. The molecule has 0 nitrogen and oxygen atoms in total. The van der Waals surface area contributed by atoms with Gasteiger partial charge in [0.1, 0.15) is 0 Å². The molecular weight excluding hydrogens is 384 g/mol. The number of rotatable bonds is 0.